The van der Waals surface area contributed by atoms with E-state index in [0.717, 1.165) is 12.0 Å². The zero-order valence-corrected chi connectivity index (χ0v) is 11.5. The van der Waals surface area contributed by atoms with Crippen LogP contribution in [0.5, 0.6) is 0 Å². The lowest BCUT2D eigenvalue weighted by Gasteiger charge is -2.43. The van der Waals surface area contributed by atoms with E-state index in [2.05, 4.69) is 25.7 Å². The van der Waals surface area contributed by atoms with E-state index in [9.17, 15) is 0 Å². The Morgan fingerprint density at radius 2 is 1.38 bits per heavy atom. The first kappa shape index (κ1) is 12.4. The molecule has 1 aliphatic heterocycles. The van der Waals surface area contributed by atoms with Crippen LogP contribution in [0.25, 0.3) is 0 Å². The lowest BCUT2D eigenvalue weighted by molar-refractivity contribution is 0.0685. The molecular weight excluding hydrogens is 194 g/mol. The summed E-state index contributed by atoms with van der Waals surface area (Å²) in [6.45, 7) is 9.97. The third-order valence-electron chi connectivity index (χ3n) is 4.85. The first-order chi connectivity index (χ1) is 7.57. The molecule has 94 valence electrons. The number of hydrogen-bond acceptors (Lipinski definition) is 1. The lowest BCUT2D eigenvalue weighted by Crippen LogP contribution is -2.44. The van der Waals surface area contributed by atoms with Crippen LogP contribution in [-0.4, -0.2) is 24.0 Å². The molecular formula is C15H29N. The molecule has 2 rings (SSSR count). The summed E-state index contributed by atoms with van der Waals surface area (Å²) in [5, 5.41) is 0. The molecule has 1 saturated carbocycles. The molecule has 2 aliphatic rings. The zero-order chi connectivity index (χ0) is 11.6. The van der Waals surface area contributed by atoms with Crippen molar-refractivity contribution in [2.45, 2.75) is 71.8 Å². The van der Waals surface area contributed by atoms with Crippen LogP contribution in [0.4, 0.5) is 0 Å². The smallest absolute Gasteiger partial charge is 0.00952 e. The average Bonchev–Trinajstić information content (AvgIpc) is 2.29. The number of piperidine rings is 1. The van der Waals surface area contributed by atoms with E-state index in [-0.39, 0.29) is 0 Å². The van der Waals surface area contributed by atoms with E-state index in [0.29, 0.717) is 5.41 Å². The molecule has 0 atom stereocenters. The zero-order valence-electron chi connectivity index (χ0n) is 11.5. The van der Waals surface area contributed by atoms with Gasteiger partial charge in [0.05, 0.1) is 0 Å². The Hall–Kier alpha value is -0.0400. The Labute approximate surface area is 102 Å². The molecule has 0 aromatic rings. The van der Waals surface area contributed by atoms with Gasteiger partial charge >= 0.3 is 0 Å². The van der Waals surface area contributed by atoms with Crippen molar-refractivity contribution in [3.63, 3.8) is 0 Å². The van der Waals surface area contributed by atoms with Crippen LogP contribution in [0.3, 0.4) is 0 Å². The lowest BCUT2D eigenvalue weighted by atomic mass is 9.75. The maximum atomic E-state index is 2.79. The van der Waals surface area contributed by atoms with E-state index in [1.807, 2.05) is 0 Å². The highest BCUT2D eigenvalue weighted by Crippen LogP contribution is 2.36. The summed E-state index contributed by atoms with van der Waals surface area (Å²) in [7, 11) is 0. The molecule has 16 heavy (non-hydrogen) atoms. The number of hydrogen-bond donors (Lipinski definition) is 0. The molecule has 1 heteroatoms. The van der Waals surface area contributed by atoms with Gasteiger partial charge in [0.15, 0.2) is 0 Å². The summed E-state index contributed by atoms with van der Waals surface area (Å²) < 4.78 is 0. The van der Waals surface area contributed by atoms with Gasteiger partial charge in [0.25, 0.3) is 0 Å². The maximum absolute atomic E-state index is 2.79. The van der Waals surface area contributed by atoms with Crippen LogP contribution < -0.4 is 0 Å². The molecule has 0 unspecified atom stereocenters. The predicted molar refractivity (Wildman–Crippen MR) is 70.6 cm³/mol. The van der Waals surface area contributed by atoms with E-state index in [4.69, 9.17) is 0 Å². The summed E-state index contributed by atoms with van der Waals surface area (Å²) in [6, 6.07) is 0.940. The predicted octanol–water partition coefficient (Wildman–Crippen LogP) is 4.08. The van der Waals surface area contributed by atoms with Crippen LogP contribution in [0, 0.1) is 11.3 Å². The van der Waals surface area contributed by atoms with Crippen molar-refractivity contribution in [3.05, 3.63) is 0 Å². The molecule has 0 amide bonds. The molecule has 0 bridgehead atoms. The van der Waals surface area contributed by atoms with Gasteiger partial charge in [-0.3, -0.25) is 0 Å². The quantitative estimate of drug-likeness (QED) is 0.647. The Morgan fingerprint density at radius 3 is 1.88 bits per heavy atom. The van der Waals surface area contributed by atoms with Crippen molar-refractivity contribution < 1.29 is 0 Å². The molecule has 0 aromatic heterocycles. The monoisotopic (exact) mass is 223 g/mol. The molecule has 1 aliphatic carbocycles. The van der Waals surface area contributed by atoms with Crippen LogP contribution >= 0.6 is 0 Å². The fourth-order valence-corrected chi connectivity index (χ4v) is 3.58. The number of rotatable bonds is 1. The minimum absolute atomic E-state index is 0.526. The van der Waals surface area contributed by atoms with E-state index in [1.165, 1.54) is 58.0 Å². The Kier molecular flexibility index (Phi) is 3.94. The van der Waals surface area contributed by atoms with Crippen molar-refractivity contribution in [1.82, 2.24) is 4.90 Å². The van der Waals surface area contributed by atoms with Gasteiger partial charge < -0.3 is 4.90 Å². The number of likely N-dealkylation sites (tertiary alicyclic amines) is 1. The van der Waals surface area contributed by atoms with Crippen LogP contribution in [0.2, 0.25) is 0 Å². The SMILES string of the molecule is CC(C)(C)C1CCN(C2CCCCC2)CC1. The Bertz CT molecular complexity index is 202. The Balaban J connectivity index is 1.80. The molecule has 0 aromatic carbocycles. The topological polar surface area (TPSA) is 3.24 Å². The molecule has 0 spiro atoms. The minimum atomic E-state index is 0.526. The molecule has 1 nitrogen and oxygen atoms in total. The van der Waals surface area contributed by atoms with Crippen molar-refractivity contribution >= 4 is 0 Å². The van der Waals surface area contributed by atoms with Crippen LogP contribution in [0.15, 0.2) is 0 Å². The van der Waals surface area contributed by atoms with Crippen molar-refractivity contribution in [2.75, 3.05) is 13.1 Å². The third-order valence-corrected chi connectivity index (χ3v) is 4.85. The Morgan fingerprint density at radius 1 is 0.812 bits per heavy atom. The summed E-state index contributed by atoms with van der Waals surface area (Å²) >= 11 is 0. The second-order valence-corrected chi connectivity index (χ2v) is 6.97. The van der Waals surface area contributed by atoms with Gasteiger partial charge in [-0.25, -0.2) is 0 Å². The summed E-state index contributed by atoms with van der Waals surface area (Å²) in [6.07, 6.45) is 10.2. The van der Waals surface area contributed by atoms with Gasteiger partial charge in [-0.15, -0.1) is 0 Å². The highest BCUT2D eigenvalue weighted by molar-refractivity contribution is 4.84. The summed E-state index contributed by atoms with van der Waals surface area (Å²) in [4.78, 5) is 2.79. The normalized spacial score (nSPS) is 27.2. The van der Waals surface area contributed by atoms with Gasteiger partial charge in [0, 0.05) is 6.04 Å². The van der Waals surface area contributed by atoms with Crippen molar-refractivity contribution in [3.8, 4) is 0 Å². The van der Waals surface area contributed by atoms with Gasteiger partial charge in [0.2, 0.25) is 0 Å². The average molecular weight is 223 g/mol. The highest BCUT2D eigenvalue weighted by Gasteiger charge is 2.31. The molecule has 1 saturated heterocycles. The largest absolute Gasteiger partial charge is 0.300 e. The standard InChI is InChI=1S/C15H29N/c1-15(2,3)13-9-11-16(12-10-13)14-7-5-4-6-8-14/h13-14H,4-12H2,1-3H3. The van der Waals surface area contributed by atoms with Crippen molar-refractivity contribution in [1.29, 1.82) is 0 Å². The molecule has 0 radical (unpaired) electrons. The molecule has 1 heterocycles. The summed E-state index contributed by atoms with van der Waals surface area (Å²) in [5.41, 5.74) is 0.526. The molecule has 2 fully saturated rings. The van der Waals surface area contributed by atoms with Gasteiger partial charge in [-0.05, 0) is 50.1 Å². The highest BCUT2D eigenvalue weighted by atomic mass is 15.2. The van der Waals surface area contributed by atoms with Gasteiger partial charge in [-0.1, -0.05) is 40.0 Å². The maximum Gasteiger partial charge on any atom is 0.00952 e. The van der Waals surface area contributed by atoms with Crippen LogP contribution in [0.1, 0.15) is 65.7 Å². The van der Waals surface area contributed by atoms with E-state index < -0.39 is 0 Å². The van der Waals surface area contributed by atoms with E-state index >= 15 is 0 Å². The second-order valence-electron chi connectivity index (χ2n) is 6.97. The van der Waals surface area contributed by atoms with Gasteiger partial charge in [-0.2, -0.15) is 0 Å². The first-order valence-corrected chi connectivity index (χ1v) is 7.31. The van der Waals surface area contributed by atoms with E-state index in [1.54, 1.807) is 0 Å². The molecule has 0 N–H and O–H groups in total. The fraction of sp³-hybridized carbons (Fsp3) is 1.00. The first-order valence-electron chi connectivity index (χ1n) is 7.31. The third kappa shape index (κ3) is 3.00. The second kappa shape index (κ2) is 5.08. The number of nitrogens with zero attached hydrogens (tertiary/aromatic N) is 1. The fourth-order valence-electron chi connectivity index (χ4n) is 3.58. The van der Waals surface area contributed by atoms with Gasteiger partial charge in [0.1, 0.15) is 0 Å². The summed E-state index contributed by atoms with van der Waals surface area (Å²) in [5.74, 6) is 0.951. The van der Waals surface area contributed by atoms with Crippen LogP contribution in [-0.2, 0) is 0 Å². The van der Waals surface area contributed by atoms with Crippen molar-refractivity contribution in [2.24, 2.45) is 11.3 Å². The minimum Gasteiger partial charge on any atom is -0.300 e.